The van der Waals surface area contributed by atoms with Gasteiger partial charge in [-0.2, -0.15) is 15.0 Å². The molecule has 2 atom stereocenters. The van der Waals surface area contributed by atoms with Crippen LogP contribution in [0.3, 0.4) is 0 Å². The number of hydrogen-bond donors (Lipinski definition) is 2. The fourth-order valence-electron chi connectivity index (χ4n) is 1.71. The molecule has 1 heterocycles. The second-order valence-corrected chi connectivity index (χ2v) is 4.16. The maximum atomic E-state index is 5.67. The molecular weight excluding hydrogens is 214 g/mol. The average Bonchev–Trinajstić information content (AvgIpc) is 2.82. The van der Waals surface area contributed by atoms with Crippen LogP contribution in [0, 0.1) is 5.92 Å². The van der Waals surface area contributed by atoms with E-state index in [0.29, 0.717) is 12.0 Å². The van der Waals surface area contributed by atoms with Gasteiger partial charge in [0.1, 0.15) is 0 Å². The van der Waals surface area contributed by atoms with Gasteiger partial charge in [-0.25, -0.2) is 0 Å². The Kier molecular flexibility index (Phi) is 2.90. The Morgan fingerprint density at radius 2 is 2.27 bits per heavy atom. The van der Waals surface area contributed by atoms with Gasteiger partial charge < -0.3 is 11.1 Å². The van der Waals surface area contributed by atoms with Gasteiger partial charge in [0.05, 0.1) is 0 Å². The lowest BCUT2D eigenvalue weighted by molar-refractivity contribution is 0.691. The Bertz CT molecular complexity index is 336. The van der Waals surface area contributed by atoms with Crippen LogP contribution in [-0.4, -0.2) is 21.0 Å². The molecule has 2 rings (SSSR count). The first-order valence-corrected chi connectivity index (χ1v) is 5.50. The van der Waals surface area contributed by atoms with Gasteiger partial charge in [0.15, 0.2) is 0 Å². The second kappa shape index (κ2) is 4.18. The van der Waals surface area contributed by atoms with Crippen LogP contribution < -0.4 is 11.1 Å². The number of nitrogens with one attached hydrogen (secondary N) is 1. The number of halogens is 1. The lowest BCUT2D eigenvalue weighted by Crippen LogP contribution is -2.10. The van der Waals surface area contributed by atoms with Crippen molar-refractivity contribution in [2.75, 3.05) is 11.1 Å². The van der Waals surface area contributed by atoms with E-state index >= 15 is 0 Å². The summed E-state index contributed by atoms with van der Waals surface area (Å²) in [5.74, 6) is 1.38. The fraction of sp³-hybridized carbons (Fsp3) is 0.667. The minimum Gasteiger partial charge on any atom is -0.368 e. The molecule has 5 nitrogen and oxygen atoms in total. The first kappa shape index (κ1) is 10.4. The molecule has 2 unspecified atom stereocenters. The summed E-state index contributed by atoms with van der Waals surface area (Å²) in [5.41, 5.74) is 5.46. The number of nitrogen functional groups attached to an aromatic ring is 1. The molecule has 0 saturated heterocycles. The highest BCUT2D eigenvalue weighted by molar-refractivity contribution is 6.28. The number of nitrogens with zero attached hydrogens (tertiary/aromatic N) is 3. The molecular formula is C9H14ClN5. The summed E-state index contributed by atoms with van der Waals surface area (Å²) in [6.07, 6.45) is 3.63. The third-order valence-electron chi connectivity index (χ3n) is 2.52. The lowest BCUT2D eigenvalue weighted by Gasteiger charge is -2.04. The van der Waals surface area contributed by atoms with Crippen molar-refractivity contribution < 1.29 is 0 Å². The van der Waals surface area contributed by atoms with E-state index in [2.05, 4.69) is 27.2 Å². The first-order valence-electron chi connectivity index (χ1n) is 5.12. The van der Waals surface area contributed by atoms with Crippen molar-refractivity contribution in [3.05, 3.63) is 5.28 Å². The van der Waals surface area contributed by atoms with E-state index in [1.807, 2.05) is 0 Å². The summed E-state index contributed by atoms with van der Waals surface area (Å²) in [5, 5.41) is 3.34. The van der Waals surface area contributed by atoms with Crippen LogP contribution in [0.2, 0.25) is 5.28 Å². The fourth-order valence-corrected chi connectivity index (χ4v) is 1.88. The SMILES string of the molecule is CCCC1CC1Nc1nc(N)nc(Cl)n1. The molecule has 3 N–H and O–H groups in total. The van der Waals surface area contributed by atoms with Crippen LogP contribution in [-0.2, 0) is 0 Å². The van der Waals surface area contributed by atoms with Crippen LogP contribution in [0.1, 0.15) is 26.2 Å². The number of rotatable bonds is 4. The van der Waals surface area contributed by atoms with Gasteiger partial charge in [-0.05, 0) is 30.4 Å². The summed E-state index contributed by atoms with van der Waals surface area (Å²) >= 11 is 5.67. The largest absolute Gasteiger partial charge is 0.368 e. The maximum absolute atomic E-state index is 5.67. The quantitative estimate of drug-likeness (QED) is 0.819. The molecule has 1 aromatic heterocycles. The first-order chi connectivity index (χ1) is 7.19. The van der Waals surface area contributed by atoms with E-state index < -0.39 is 0 Å². The Labute approximate surface area is 93.5 Å². The summed E-state index contributed by atoms with van der Waals surface area (Å²) in [6, 6.07) is 0.475. The van der Waals surface area contributed by atoms with Crippen molar-refractivity contribution in [1.82, 2.24) is 15.0 Å². The molecule has 0 radical (unpaired) electrons. The van der Waals surface area contributed by atoms with Crippen molar-refractivity contribution >= 4 is 23.5 Å². The Balaban J connectivity index is 1.94. The highest BCUT2D eigenvalue weighted by Gasteiger charge is 2.36. The number of aromatic nitrogens is 3. The second-order valence-electron chi connectivity index (χ2n) is 3.82. The number of hydrogen-bond acceptors (Lipinski definition) is 5. The predicted octanol–water partition coefficient (Wildman–Crippen LogP) is 1.71. The van der Waals surface area contributed by atoms with Crippen LogP contribution in [0.25, 0.3) is 0 Å². The average molecular weight is 228 g/mol. The van der Waals surface area contributed by atoms with E-state index in [1.54, 1.807) is 0 Å². The Morgan fingerprint density at radius 1 is 1.47 bits per heavy atom. The van der Waals surface area contributed by atoms with Gasteiger partial charge in [-0.1, -0.05) is 13.3 Å². The van der Waals surface area contributed by atoms with Gasteiger partial charge in [0.25, 0.3) is 0 Å². The van der Waals surface area contributed by atoms with Crippen LogP contribution in [0.15, 0.2) is 0 Å². The van der Waals surface area contributed by atoms with Crippen molar-refractivity contribution in [2.45, 2.75) is 32.2 Å². The zero-order chi connectivity index (χ0) is 10.8. The molecule has 0 amide bonds. The van der Waals surface area contributed by atoms with Crippen molar-refractivity contribution in [3.63, 3.8) is 0 Å². The smallest absolute Gasteiger partial charge is 0.229 e. The van der Waals surface area contributed by atoms with Crippen LogP contribution >= 0.6 is 11.6 Å². The molecule has 1 aliphatic rings. The van der Waals surface area contributed by atoms with E-state index in [0.717, 1.165) is 5.92 Å². The molecule has 0 aliphatic heterocycles. The Hall–Kier alpha value is -1.10. The standard InChI is InChI=1S/C9H14ClN5/c1-2-3-5-4-6(5)12-9-14-7(10)13-8(11)15-9/h5-6H,2-4H2,1H3,(H3,11,12,13,14,15). The highest BCUT2D eigenvalue weighted by Crippen LogP contribution is 2.36. The molecule has 0 bridgehead atoms. The molecule has 1 saturated carbocycles. The number of anilines is 2. The van der Waals surface area contributed by atoms with Gasteiger partial charge in [-0.3, -0.25) is 0 Å². The van der Waals surface area contributed by atoms with Crippen molar-refractivity contribution in [3.8, 4) is 0 Å². The molecule has 0 spiro atoms. The van der Waals surface area contributed by atoms with Gasteiger partial charge in [0.2, 0.25) is 17.2 Å². The minimum absolute atomic E-state index is 0.137. The summed E-state index contributed by atoms with van der Waals surface area (Å²) in [4.78, 5) is 11.6. The van der Waals surface area contributed by atoms with Crippen LogP contribution in [0.5, 0.6) is 0 Å². The Morgan fingerprint density at radius 3 is 2.93 bits per heavy atom. The maximum Gasteiger partial charge on any atom is 0.229 e. The molecule has 0 aromatic carbocycles. The molecule has 15 heavy (non-hydrogen) atoms. The van der Waals surface area contributed by atoms with Crippen molar-refractivity contribution in [2.24, 2.45) is 5.92 Å². The van der Waals surface area contributed by atoms with E-state index in [-0.39, 0.29) is 11.2 Å². The normalized spacial score (nSPS) is 23.9. The third-order valence-corrected chi connectivity index (χ3v) is 2.69. The number of nitrogens with two attached hydrogens (primary N) is 1. The summed E-state index contributed by atoms with van der Waals surface area (Å²) in [6.45, 7) is 2.19. The van der Waals surface area contributed by atoms with Gasteiger partial charge in [0, 0.05) is 6.04 Å². The highest BCUT2D eigenvalue weighted by atomic mass is 35.5. The topological polar surface area (TPSA) is 76.7 Å². The zero-order valence-electron chi connectivity index (χ0n) is 8.57. The zero-order valence-corrected chi connectivity index (χ0v) is 9.33. The monoisotopic (exact) mass is 227 g/mol. The van der Waals surface area contributed by atoms with Crippen molar-refractivity contribution in [1.29, 1.82) is 0 Å². The van der Waals surface area contributed by atoms with E-state index in [1.165, 1.54) is 19.3 Å². The third kappa shape index (κ3) is 2.68. The molecule has 82 valence electrons. The van der Waals surface area contributed by atoms with Gasteiger partial charge >= 0.3 is 0 Å². The molecule has 1 aliphatic carbocycles. The summed E-state index contributed by atoms with van der Waals surface area (Å²) in [7, 11) is 0. The predicted molar refractivity (Wildman–Crippen MR) is 59.7 cm³/mol. The summed E-state index contributed by atoms with van der Waals surface area (Å²) < 4.78 is 0. The molecule has 1 aromatic rings. The van der Waals surface area contributed by atoms with Crippen LogP contribution in [0.4, 0.5) is 11.9 Å². The lowest BCUT2D eigenvalue weighted by atomic mass is 10.2. The minimum atomic E-state index is 0.137. The molecule has 6 heteroatoms. The van der Waals surface area contributed by atoms with E-state index in [4.69, 9.17) is 17.3 Å². The van der Waals surface area contributed by atoms with Gasteiger partial charge in [-0.15, -0.1) is 0 Å². The van der Waals surface area contributed by atoms with E-state index in [9.17, 15) is 0 Å². The molecule has 1 fully saturated rings.